The third kappa shape index (κ3) is 3.55. The molecule has 0 amide bonds. The molecule has 2 atom stereocenters. The highest BCUT2D eigenvalue weighted by molar-refractivity contribution is 5.13. The molecule has 2 unspecified atom stereocenters. The molecule has 2 rings (SSSR count). The molecule has 1 aliphatic rings. The molecule has 1 aromatic rings. The van der Waals surface area contributed by atoms with E-state index in [0.717, 1.165) is 19.7 Å². The molecule has 1 saturated heterocycles. The Bertz CT molecular complexity index is 383. The number of hydrogen-bond donors (Lipinski definition) is 1. The van der Waals surface area contributed by atoms with Crippen LogP contribution in [0.3, 0.4) is 0 Å². The number of piperidine rings is 1. The van der Waals surface area contributed by atoms with Crippen LogP contribution in [0.4, 0.5) is 0 Å². The number of nitrogens with zero attached hydrogens (tertiary/aromatic N) is 3. The molecule has 108 valence electrons. The summed E-state index contributed by atoms with van der Waals surface area (Å²) in [5.74, 6) is 0.698. The van der Waals surface area contributed by atoms with E-state index in [1.54, 1.807) is 7.11 Å². The van der Waals surface area contributed by atoms with Gasteiger partial charge in [-0.2, -0.15) is 5.10 Å². The van der Waals surface area contributed by atoms with E-state index >= 15 is 0 Å². The summed E-state index contributed by atoms with van der Waals surface area (Å²) in [6.45, 7) is 5.15. The summed E-state index contributed by atoms with van der Waals surface area (Å²) < 4.78 is 7.11. The van der Waals surface area contributed by atoms with E-state index < -0.39 is 0 Å². The zero-order valence-electron chi connectivity index (χ0n) is 12.2. The molecule has 1 aliphatic heterocycles. The van der Waals surface area contributed by atoms with Gasteiger partial charge >= 0.3 is 0 Å². The van der Waals surface area contributed by atoms with Crippen molar-refractivity contribution in [2.45, 2.75) is 31.8 Å². The van der Waals surface area contributed by atoms with Crippen molar-refractivity contribution in [3.63, 3.8) is 0 Å². The minimum Gasteiger partial charge on any atom is -0.384 e. The van der Waals surface area contributed by atoms with Gasteiger partial charge in [0.25, 0.3) is 0 Å². The van der Waals surface area contributed by atoms with Crippen molar-refractivity contribution in [1.29, 1.82) is 0 Å². The van der Waals surface area contributed by atoms with Crippen LogP contribution in [0, 0.1) is 5.92 Å². The summed E-state index contributed by atoms with van der Waals surface area (Å²) in [7, 11) is 3.74. The minimum absolute atomic E-state index is 0.114. The maximum atomic E-state index is 6.20. The first-order valence-electron chi connectivity index (χ1n) is 7.09. The Balaban J connectivity index is 2.01. The van der Waals surface area contributed by atoms with Crippen LogP contribution in [0.2, 0.25) is 0 Å². The third-order valence-corrected chi connectivity index (χ3v) is 4.01. The Morgan fingerprint density at radius 1 is 1.47 bits per heavy atom. The van der Waals surface area contributed by atoms with Crippen molar-refractivity contribution in [3.8, 4) is 0 Å². The topological polar surface area (TPSA) is 56.3 Å². The second-order valence-electron chi connectivity index (χ2n) is 5.69. The summed E-state index contributed by atoms with van der Waals surface area (Å²) >= 11 is 0. The first-order valence-corrected chi connectivity index (χ1v) is 7.09. The fraction of sp³-hybridized carbons (Fsp3) is 0.786. The minimum atomic E-state index is 0.114. The highest BCUT2D eigenvalue weighted by Crippen LogP contribution is 2.28. The molecule has 0 bridgehead atoms. The van der Waals surface area contributed by atoms with Gasteiger partial charge in [-0.1, -0.05) is 0 Å². The molecule has 0 spiro atoms. The van der Waals surface area contributed by atoms with Gasteiger partial charge in [-0.25, -0.2) is 0 Å². The second-order valence-corrected chi connectivity index (χ2v) is 5.69. The first kappa shape index (κ1) is 14.5. The van der Waals surface area contributed by atoms with Crippen LogP contribution in [-0.2, 0) is 11.8 Å². The maximum Gasteiger partial charge on any atom is 0.0538 e. The second kappa shape index (κ2) is 6.50. The van der Waals surface area contributed by atoms with Crippen LogP contribution in [0.25, 0.3) is 0 Å². The maximum absolute atomic E-state index is 6.20. The molecule has 1 fully saturated rings. The Morgan fingerprint density at radius 3 is 2.63 bits per heavy atom. The van der Waals surface area contributed by atoms with E-state index in [9.17, 15) is 0 Å². The normalized spacial score (nSPS) is 21.5. The summed E-state index contributed by atoms with van der Waals surface area (Å²) in [5.41, 5.74) is 7.42. The van der Waals surface area contributed by atoms with Crippen LogP contribution in [-0.4, -0.2) is 47.5 Å². The SMILES string of the molecule is COCC1CCN(C(c2cnn(C)c2)C(C)N)CC1. The Hall–Kier alpha value is -0.910. The lowest BCUT2D eigenvalue weighted by Crippen LogP contribution is -2.44. The lowest BCUT2D eigenvalue weighted by Gasteiger charge is -2.38. The van der Waals surface area contributed by atoms with E-state index in [1.807, 2.05) is 17.9 Å². The van der Waals surface area contributed by atoms with Gasteiger partial charge in [0.2, 0.25) is 0 Å². The van der Waals surface area contributed by atoms with Gasteiger partial charge in [-0.3, -0.25) is 9.58 Å². The summed E-state index contributed by atoms with van der Waals surface area (Å²) in [6.07, 6.45) is 6.40. The Morgan fingerprint density at radius 2 is 2.16 bits per heavy atom. The number of rotatable bonds is 5. The van der Waals surface area contributed by atoms with E-state index in [4.69, 9.17) is 10.5 Å². The van der Waals surface area contributed by atoms with E-state index in [-0.39, 0.29) is 12.1 Å². The molecule has 0 aromatic carbocycles. The molecule has 19 heavy (non-hydrogen) atoms. The molecule has 2 heterocycles. The quantitative estimate of drug-likeness (QED) is 0.869. The fourth-order valence-corrected chi connectivity index (χ4v) is 3.07. The molecular formula is C14H26N4O. The number of hydrogen-bond acceptors (Lipinski definition) is 4. The lowest BCUT2D eigenvalue weighted by atomic mass is 9.93. The molecule has 0 aliphatic carbocycles. The predicted molar refractivity (Wildman–Crippen MR) is 75.8 cm³/mol. The van der Waals surface area contributed by atoms with Gasteiger partial charge in [0.05, 0.1) is 12.2 Å². The van der Waals surface area contributed by atoms with Crippen molar-refractivity contribution in [2.24, 2.45) is 18.7 Å². The number of likely N-dealkylation sites (tertiary alicyclic amines) is 1. The summed E-state index contributed by atoms with van der Waals surface area (Å²) in [5, 5.41) is 4.27. The molecule has 0 saturated carbocycles. The predicted octanol–water partition coefficient (Wildman–Crippen LogP) is 1.17. The molecule has 5 nitrogen and oxygen atoms in total. The van der Waals surface area contributed by atoms with Crippen molar-refractivity contribution >= 4 is 0 Å². The zero-order chi connectivity index (χ0) is 13.8. The fourth-order valence-electron chi connectivity index (χ4n) is 3.07. The van der Waals surface area contributed by atoms with Crippen molar-refractivity contribution in [2.75, 3.05) is 26.8 Å². The van der Waals surface area contributed by atoms with Gasteiger partial charge in [0.1, 0.15) is 0 Å². The van der Waals surface area contributed by atoms with Crippen LogP contribution < -0.4 is 5.73 Å². The van der Waals surface area contributed by atoms with Crippen LogP contribution in [0.15, 0.2) is 12.4 Å². The van der Waals surface area contributed by atoms with Gasteiger partial charge < -0.3 is 10.5 Å². The highest BCUT2D eigenvalue weighted by Gasteiger charge is 2.29. The van der Waals surface area contributed by atoms with Gasteiger partial charge in [-0.05, 0) is 38.8 Å². The number of aromatic nitrogens is 2. The molecule has 0 radical (unpaired) electrons. The number of aryl methyl sites for hydroxylation is 1. The van der Waals surface area contributed by atoms with E-state index in [2.05, 4.69) is 23.1 Å². The standard InChI is InChI=1S/C14H26N4O/c1-11(15)14(13-8-16-17(2)9-13)18-6-4-12(5-7-18)10-19-3/h8-9,11-12,14H,4-7,10,15H2,1-3H3. The lowest BCUT2D eigenvalue weighted by molar-refractivity contribution is 0.0736. The van der Waals surface area contributed by atoms with Crippen molar-refractivity contribution in [1.82, 2.24) is 14.7 Å². The summed E-state index contributed by atoms with van der Waals surface area (Å²) in [6, 6.07) is 0.389. The molecular weight excluding hydrogens is 240 g/mol. The van der Waals surface area contributed by atoms with E-state index in [1.165, 1.54) is 18.4 Å². The van der Waals surface area contributed by atoms with Crippen molar-refractivity contribution in [3.05, 3.63) is 18.0 Å². The van der Waals surface area contributed by atoms with E-state index in [0.29, 0.717) is 5.92 Å². The monoisotopic (exact) mass is 266 g/mol. The Kier molecular flexibility index (Phi) is 4.96. The largest absolute Gasteiger partial charge is 0.384 e. The van der Waals surface area contributed by atoms with Crippen molar-refractivity contribution < 1.29 is 4.74 Å². The van der Waals surface area contributed by atoms with Gasteiger partial charge in [0, 0.05) is 38.6 Å². The average molecular weight is 266 g/mol. The molecule has 5 heteroatoms. The van der Waals surface area contributed by atoms with Crippen LogP contribution in [0.5, 0.6) is 0 Å². The zero-order valence-corrected chi connectivity index (χ0v) is 12.2. The summed E-state index contributed by atoms with van der Waals surface area (Å²) in [4.78, 5) is 2.49. The number of nitrogens with two attached hydrogens (primary N) is 1. The number of methoxy groups -OCH3 is 1. The van der Waals surface area contributed by atoms with Gasteiger partial charge in [0.15, 0.2) is 0 Å². The first-order chi connectivity index (χ1) is 9.11. The van der Waals surface area contributed by atoms with Crippen LogP contribution >= 0.6 is 0 Å². The smallest absolute Gasteiger partial charge is 0.0538 e. The highest BCUT2D eigenvalue weighted by atomic mass is 16.5. The Labute approximate surface area is 115 Å². The molecule has 1 aromatic heterocycles. The average Bonchev–Trinajstić information content (AvgIpc) is 2.78. The third-order valence-electron chi connectivity index (χ3n) is 4.01. The molecule has 2 N–H and O–H groups in total. The van der Waals surface area contributed by atoms with Gasteiger partial charge in [-0.15, -0.1) is 0 Å². The number of ether oxygens (including phenoxy) is 1. The van der Waals surface area contributed by atoms with Crippen LogP contribution in [0.1, 0.15) is 31.4 Å².